The SMILES string of the molecule is CC(Cc1ccco1)NCc1ccc(C(F)F)cc1. The van der Waals surface area contributed by atoms with Gasteiger partial charge in [0, 0.05) is 24.6 Å². The average molecular weight is 265 g/mol. The molecule has 1 N–H and O–H groups in total. The molecule has 4 heteroatoms. The van der Waals surface area contributed by atoms with Crippen LogP contribution in [0.2, 0.25) is 0 Å². The number of furan rings is 1. The second-order valence-electron chi connectivity index (χ2n) is 4.61. The molecular weight excluding hydrogens is 248 g/mol. The third-order valence-electron chi connectivity index (χ3n) is 2.97. The molecule has 0 aliphatic heterocycles. The number of hydrogen-bond donors (Lipinski definition) is 1. The minimum Gasteiger partial charge on any atom is -0.469 e. The first-order valence-corrected chi connectivity index (χ1v) is 6.28. The van der Waals surface area contributed by atoms with Crippen molar-refractivity contribution in [3.8, 4) is 0 Å². The van der Waals surface area contributed by atoms with Crippen molar-refractivity contribution in [3.63, 3.8) is 0 Å². The van der Waals surface area contributed by atoms with Crippen molar-refractivity contribution in [2.45, 2.75) is 32.4 Å². The first-order valence-electron chi connectivity index (χ1n) is 6.28. The zero-order valence-electron chi connectivity index (χ0n) is 10.8. The number of nitrogens with one attached hydrogen (secondary N) is 1. The summed E-state index contributed by atoms with van der Waals surface area (Å²) in [6.07, 6.45) is 0.0626. The summed E-state index contributed by atoms with van der Waals surface area (Å²) >= 11 is 0. The van der Waals surface area contributed by atoms with Gasteiger partial charge in [0.2, 0.25) is 0 Å². The smallest absolute Gasteiger partial charge is 0.263 e. The third-order valence-corrected chi connectivity index (χ3v) is 2.97. The Balaban J connectivity index is 1.81. The summed E-state index contributed by atoms with van der Waals surface area (Å²) in [7, 11) is 0. The molecule has 0 aliphatic rings. The minimum absolute atomic E-state index is 0.0624. The molecule has 0 bridgehead atoms. The Morgan fingerprint density at radius 1 is 1.16 bits per heavy atom. The van der Waals surface area contributed by atoms with Gasteiger partial charge in [-0.05, 0) is 24.6 Å². The molecule has 0 spiro atoms. The lowest BCUT2D eigenvalue weighted by molar-refractivity contribution is 0.151. The Morgan fingerprint density at radius 2 is 1.89 bits per heavy atom. The molecule has 1 heterocycles. The molecule has 0 saturated carbocycles. The second-order valence-corrected chi connectivity index (χ2v) is 4.61. The van der Waals surface area contributed by atoms with Gasteiger partial charge in [0.05, 0.1) is 6.26 Å². The normalized spacial score (nSPS) is 12.8. The van der Waals surface area contributed by atoms with Gasteiger partial charge < -0.3 is 9.73 Å². The average Bonchev–Trinajstić information content (AvgIpc) is 2.89. The van der Waals surface area contributed by atoms with Crippen LogP contribution < -0.4 is 5.32 Å². The van der Waals surface area contributed by atoms with Crippen molar-refractivity contribution < 1.29 is 13.2 Å². The number of halogens is 2. The molecule has 2 aromatic rings. The maximum Gasteiger partial charge on any atom is 0.263 e. The van der Waals surface area contributed by atoms with Crippen molar-refractivity contribution in [3.05, 3.63) is 59.5 Å². The van der Waals surface area contributed by atoms with Gasteiger partial charge in [0.1, 0.15) is 5.76 Å². The van der Waals surface area contributed by atoms with Crippen molar-refractivity contribution in [2.24, 2.45) is 0 Å². The van der Waals surface area contributed by atoms with E-state index in [0.717, 1.165) is 17.7 Å². The highest BCUT2D eigenvalue weighted by atomic mass is 19.3. The fourth-order valence-corrected chi connectivity index (χ4v) is 1.88. The molecule has 1 atom stereocenters. The van der Waals surface area contributed by atoms with Gasteiger partial charge in [-0.15, -0.1) is 0 Å². The van der Waals surface area contributed by atoms with E-state index in [2.05, 4.69) is 12.2 Å². The Morgan fingerprint density at radius 3 is 2.47 bits per heavy atom. The highest BCUT2D eigenvalue weighted by molar-refractivity contribution is 5.23. The Kier molecular flexibility index (Phi) is 4.68. The fourth-order valence-electron chi connectivity index (χ4n) is 1.88. The third kappa shape index (κ3) is 4.17. The quantitative estimate of drug-likeness (QED) is 0.855. The lowest BCUT2D eigenvalue weighted by atomic mass is 10.1. The van der Waals surface area contributed by atoms with Crippen LogP contribution >= 0.6 is 0 Å². The van der Waals surface area contributed by atoms with Crippen LogP contribution in [0.4, 0.5) is 8.78 Å². The van der Waals surface area contributed by atoms with E-state index in [9.17, 15) is 8.78 Å². The van der Waals surface area contributed by atoms with Crippen molar-refractivity contribution in [2.75, 3.05) is 0 Å². The molecule has 0 fully saturated rings. The minimum atomic E-state index is -2.40. The van der Waals surface area contributed by atoms with Crippen molar-refractivity contribution in [1.29, 1.82) is 0 Å². The van der Waals surface area contributed by atoms with Crippen LogP contribution in [0.25, 0.3) is 0 Å². The number of benzene rings is 1. The van der Waals surface area contributed by atoms with Crippen LogP contribution in [-0.2, 0) is 13.0 Å². The standard InChI is InChI=1S/C15H17F2NO/c1-11(9-14-3-2-8-19-14)18-10-12-4-6-13(7-5-12)15(16)17/h2-8,11,15,18H,9-10H2,1H3. The lowest BCUT2D eigenvalue weighted by Gasteiger charge is -2.12. The van der Waals surface area contributed by atoms with Crippen molar-refractivity contribution >= 4 is 0 Å². The Bertz CT molecular complexity index is 479. The topological polar surface area (TPSA) is 25.2 Å². The van der Waals surface area contributed by atoms with E-state index in [1.807, 2.05) is 12.1 Å². The zero-order chi connectivity index (χ0) is 13.7. The van der Waals surface area contributed by atoms with Crippen LogP contribution in [0.5, 0.6) is 0 Å². The molecule has 0 amide bonds. The molecule has 0 saturated heterocycles. The second kappa shape index (κ2) is 6.48. The predicted octanol–water partition coefficient (Wildman–Crippen LogP) is 3.94. The molecule has 102 valence electrons. The summed E-state index contributed by atoms with van der Waals surface area (Å²) in [5.41, 5.74) is 1.06. The van der Waals surface area contributed by atoms with Gasteiger partial charge >= 0.3 is 0 Å². The summed E-state index contributed by atoms with van der Waals surface area (Å²) in [4.78, 5) is 0. The molecule has 1 unspecified atom stereocenters. The van der Waals surface area contributed by atoms with Gasteiger partial charge in [-0.2, -0.15) is 0 Å². The molecule has 2 rings (SSSR count). The van der Waals surface area contributed by atoms with Gasteiger partial charge in [-0.25, -0.2) is 8.78 Å². The van der Waals surface area contributed by atoms with E-state index in [1.54, 1.807) is 18.4 Å². The van der Waals surface area contributed by atoms with Gasteiger partial charge in [0.15, 0.2) is 0 Å². The van der Waals surface area contributed by atoms with E-state index in [4.69, 9.17) is 4.42 Å². The molecule has 1 aromatic heterocycles. The zero-order valence-corrected chi connectivity index (χ0v) is 10.8. The van der Waals surface area contributed by atoms with Crippen LogP contribution in [0.1, 0.15) is 30.2 Å². The monoisotopic (exact) mass is 265 g/mol. The summed E-state index contributed by atoms with van der Waals surface area (Å²) in [6.45, 7) is 2.72. The molecular formula is C15H17F2NO. The molecule has 19 heavy (non-hydrogen) atoms. The van der Waals surface area contributed by atoms with Gasteiger partial charge in [0.25, 0.3) is 6.43 Å². The van der Waals surface area contributed by atoms with Crippen LogP contribution in [0, 0.1) is 0 Å². The molecule has 0 radical (unpaired) electrons. The van der Waals surface area contributed by atoms with E-state index in [1.165, 1.54) is 12.1 Å². The number of rotatable bonds is 6. The number of alkyl halides is 2. The van der Waals surface area contributed by atoms with E-state index >= 15 is 0 Å². The number of hydrogen-bond acceptors (Lipinski definition) is 2. The Hall–Kier alpha value is -1.68. The molecule has 2 nitrogen and oxygen atoms in total. The highest BCUT2D eigenvalue weighted by Gasteiger charge is 2.07. The van der Waals surface area contributed by atoms with Gasteiger partial charge in [-0.3, -0.25) is 0 Å². The van der Waals surface area contributed by atoms with Crippen molar-refractivity contribution in [1.82, 2.24) is 5.32 Å². The highest BCUT2D eigenvalue weighted by Crippen LogP contribution is 2.18. The maximum absolute atomic E-state index is 12.4. The predicted molar refractivity (Wildman–Crippen MR) is 70.1 cm³/mol. The molecule has 0 aliphatic carbocycles. The Labute approximate surface area is 111 Å². The van der Waals surface area contributed by atoms with Crippen LogP contribution in [0.3, 0.4) is 0 Å². The summed E-state index contributed by atoms with van der Waals surface area (Å²) in [6, 6.07) is 10.5. The largest absolute Gasteiger partial charge is 0.469 e. The molecule has 1 aromatic carbocycles. The fraction of sp³-hybridized carbons (Fsp3) is 0.333. The maximum atomic E-state index is 12.4. The summed E-state index contributed by atoms with van der Waals surface area (Å²) in [5.74, 6) is 0.938. The van der Waals surface area contributed by atoms with Crippen LogP contribution in [-0.4, -0.2) is 6.04 Å². The summed E-state index contributed by atoms with van der Waals surface area (Å²) < 4.78 is 30.1. The van der Waals surface area contributed by atoms with E-state index in [-0.39, 0.29) is 11.6 Å². The van der Waals surface area contributed by atoms with Gasteiger partial charge in [-0.1, -0.05) is 24.3 Å². The first-order chi connectivity index (χ1) is 9.15. The van der Waals surface area contributed by atoms with Crippen LogP contribution in [0.15, 0.2) is 47.1 Å². The lowest BCUT2D eigenvalue weighted by Crippen LogP contribution is -2.27. The summed E-state index contributed by atoms with van der Waals surface area (Å²) in [5, 5.41) is 3.34. The van der Waals surface area contributed by atoms with E-state index in [0.29, 0.717) is 6.54 Å². The van der Waals surface area contributed by atoms with E-state index < -0.39 is 6.43 Å². The first kappa shape index (κ1) is 13.7.